The van der Waals surface area contributed by atoms with Crippen molar-refractivity contribution in [2.45, 2.75) is 13.5 Å². The molecule has 0 unspecified atom stereocenters. The predicted octanol–water partition coefficient (Wildman–Crippen LogP) is 4.24. The van der Waals surface area contributed by atoms with E-state index in [2.05, 4.69) is 10.4 Å². The Labute approximate surface area is 155 Å². The lowest BCUT2D eigenvalue weighted by atomic mass is 10.2. The van der Waals surface area contributed by atoms with Crippen LogP contribution >= 0.6 is 11.6 Å². The van der Waals surface area contributed by atoms with E-state index in [1.165, 1.54) is 30.3 Å². The van der Waals surface area contributed by atoms with Gasteiger partial charge in [-0.05, 0) is 55.5 Å². The molecular formula is C19H17ClFN3O2. The minimum atomic E-state index is -0.363. The van der Waals surface area contributed by atoms with Crippen LogP contribution in [0, 0.1) is 12.7 Å². The third-order valence-corrected chi connectivity index (χ3v) is 3.99. The molecule has 134 valence electrons. The molecule has 1 aromatic heterocycles. The van der Waals surface area contributed by atoms with Gasteiger partial charge < -0.3 is 10.1 Å². The lowest BCUT2D eigenvalue weighted by molar-refractivity contribution is 0.0947. The quantitative estimate of drug-likeness (QED) is 0.727. The monoisotopic (exact) mass is 373 g/mol. The van der Waals surface area contributed by atoms with E-state index in [1.54, 1.807) is 16.8 Å². The number of rotatable bonds is 5. The van der Waals surface area contributed by atoms with Crippen LogP contribution in [0.15, 0.2) is 48.5 Å². The Kier molecular flexibility index (Phi) is 5.23. The largest absolute Gasteiger partial charge is 0.457 e. The number of aromatic nitrogens is 2. The van der Waals surface area contributed by atoms with Crippen LogP contribution in [0.1, 0.15) is 21.7 Å². The summed E-state index contributed by atoms with van der Waals surface area (Å²) in [5.41, 5.74) is 2.04. The second-order valence-electron chi connectivity index (χ2n) is 5.78. The van der Waals surface area contributed by atoms with E-state index in [0.717, 1.165) is 11.4 Å². The molecule has 1 amide bonds. The van der Waals surface area contributed by atoms with Gasteiger partial charge in [0.2, 0.25) is 0 Å². The van der Waals surface area contributed by atoms with E-state index in [0.29, 0.717) is 28.6 Å². The summed E-state index contributed by atoms with van der Waals surface area (Å²) in [5.74, 6) is 0.0612. The molecule has 5 nitrogen and oxygen atoms in total. The topological polar surface area (TPSA) is 56.1 Å². The fourth-order valence-corrected chi connectivity index (χ4v) is 2.67. The third-order valence-electron chi connectivity index (χ3n) is 3.76. The molecule has 0 atom stereocenters. The van der Waals surface area contributed by atoms with Crippen LogP contribution in [0.5, 0.6) is 11.5 Å². The summed E-state index contributed by atoms with van der Waals surface area (Å²) < 4.78 is 20.5. The Morgan fingerprint density at radius 3 is 2.62 bits per heavy atom. The van der Waals surface area contributed by atoms with E-state index in [4.69, 9.17) is 16.3 Å². The highest BCUT2D eigenvalue weighted by Crippen LogP contribution is 2.28. The summed E-state index contributed by atoms with van der Waals surface area (Å²) in [6, 6.07) is 12.2. The molecule has 0 aliphatic rings. The SMILES string of the molecule is Cc1cc(CNC(=O)c2cc(Cl)ccc2Oc2ccc(F)cc2)n(C)n1. The van der Waals surface area contributed by atoms with E-state index in [1.807, 2.05) is 20.0 Å². The van der Waals surface area contributed by atoms with Gasteiger partial charge in [-0.3, -0.25) is 9.48 Å². The van der Waals surface area contributed by atoms with Crippen molar-refractivity contribution in [1.82, 2.24) is 15.1 Å². The van der Waals surface area contributed by atoms with Crippen molar-refractivity contribution in [3.05, 3.63) is 76.3 Å². The number of hydrogen-bond acceptors (Lipinski definition) is 3. The third kappa shape index (κ3) is 4.21. The molecule has 1 heterocycles. The van der Waals surface area contributed by atoms with Gasteiger partial charge in [0, 0.05) is 12.1 Å². The number of amides is 1. The fourth-order valence-electron chi connectivity index (χ4n) is 2.49. The van der Waals surface area contributed by atoms with Crippen molar-refractivity contribution in [1.29, 1.82) is 0 Å². The molecule has 2 aromatic carbocycles. The molecule has 0 saturated carbocycles. The van der Waals surface area contributed by atoms with Crippen molar-refractivity contribution in [3.8, 4) is 11.5 Å². The first-order valence-corrected chi connectivity index (χ1v) is 8.31. The predicted molar refractivity (Wildman–Crippen MR) is 97.0 cm³/mol. The Morgan fingerprint density at radius 2 is 1.96 bits per heavy atom. The van der Waals surface area contributed by atoms with Crippen LogP contribution in [0.2, 0.25) is 5.02 Å². The van der Waals surface area contributed by atoms with Crippen LogP contribution in [-0.4, -0.2) is 15.7 Å². The number of hydrogen-bond donors (Lipinski definition) is 1. The smallest absolute Gasteiger partial charge is 0.255 e. The zero-order chi connectivity index (χ0) is 18.7. The van der Waals surface area contributed by atoms with E-state index < -0.39 is 0 Å². The van der Waals surface area contributed by atoms with E-state index in [-0.39, 0.29) is 11.7 Å². The van der Waals surface area contributed by atoms with Gasteiger partial charge in [-0.25, -0.2) is 4.39 Å². The maximum Gasteiger partial charge on any atom is 0.255 e. The molecular weight excluding hydrogens is 357 g/mol. The molecule has 0 fully saturated rings. The number of carbonyl (C=O) groups is 1. The second kappa shape index (κ2) is 7.58. The lowest BCUT2D eigenvalue weighted by Gasteiger charge is -2.12. The number of ether oxygens (including phenoxy) is 1. The maximum absolute atomic E-state index is 13.0. The molecule has 0 spiro atoms. The van der Waals surface area contributed by atoms with Gasteiger partial charge in [0.25, 0.3) is 5.91 Å². The maximum atomic E-state index is 13.0. The van der Waals surface area contributed by atoms with Crippen LogP contribution in [0.25, 0.3) is 0 Å². The van der Waals surface area contributed by atoms with Gasteiger partial charge in [-0.2, -0.15) is 5.10 Å². The molecule has 26 heavy (non-hydrogen) atoms. The lowest BCUT2D eigenvalue weighted by Crippen LogP contribution is -2.24. The number of nitrogens with zero attached hydrogens (tertiary/aromatic N) is 2. The van der Waals surface area contributed by atoms with Crippen LogP contribution in [0.3, 0.4) is 0 Å². The molecule has 3 aromatic rings. The first kappa shape index (κ1) is 17.9. The molecule has 0 aliphatic heterocycles. The Bertz CT molecular complexity index is 938. The molecule has 0 bridgehead atoms. The summed E-state index contributed by atoms with van der Waals surface area (Å²) in [6.45, 7) is 2.20. The number of aryl methyl sites for hydroxylation is 2. The zero-order valence-electron chi connectivity index (χ0n) is 14.3. The van der Waals surface area contributed by atoms with Gasteiger partial charge >= 0.3 is 0 Å². The van der Waals surface area contributed by atoms with Crippen molar-refractivity contribution >= 4 is 17.5 Å². The van der Waals surface area contributed by atoms with Crippen LogP contribution < -0.4 is 10.1 Å². The Morgan fingerprint density at radius 1 is 1.23 bits per heavy atom. The van der Waals surface area contributed by atoms with Crippen molar-refractivity contribution < 1.29 is 13.9 Å². The minimum absolute atomic E-state index is 0.292. The normalized spacial score (nSPS) is 10.6. The summed E-state index contributed by atoms with van der Waals surface area (Å²) in [6.07, 6.45) is 0. The Balaban J connectivity index is 1.79. The van der Waals surface area contributed by atoms with Crippen LogP contribution in [0.4, 0.5) is 4.39 Å². The molecule has 0 saturated heterocycles. The summed E-state index contributed by atoms with van der Waals surface area (Å²) in [7, 11) is 1.82. The number of benzene rings is 2. The number of halogens is 2. The van der Waals surface area contributed by atoms with E-state index >= 15 is 0 Å². The average molecular weight is 374 g/mol. The zero-order valence-corrected chi connectivity index (χ0v) is 15.0. The Hall–Kier alpha value is -2.86. The van der Waals surface area contributed by atoms with Gasteiger partial charge in [0.05, 0.1) is 23.5 Å². The highest BCUT2D eigenvalue weighted by molar-refractivity contribution is 6.31. The van der Waals surface area contributed by atoms with Crippen LogP contribution in [-0.2, 0) is 13.6 Å². The van der Waals surface area contributed by atoms with E-state index in [9.17, 15) is 9.18 Å². The second-order valence-corrected chi connectivity index (χ2v) is 6.22. The molecule has 1 N–H and O–H groups in total. The summed E-state index contributed by atoms with van der Waals surface area (Å²) >= 11 is 6.03. The first-order chi connectivity index (χ1) is 12.4. The average Bonchev–Trinajstić information content (AvgIpc) is 2.93. The minimum Gasteiger partial charge on any atom is -0.457 e. The van der Waals surface area contributed by atoms with Crippen molar-refractivity contribution in [2.75, 3.05) is 0 Å². The fraction of sp³-hybridized carbons (Fsp3) is 0.158. The van der Waals surface area contributed by atoms with Gasteiger partial charge in [-0.15, -0.1) is 0 Å². The molecule has 3 rings (SSSR count). The van der Waals surface area contributed by atoms with Crippen molar-refractivity contribution in [3.63, 3.8) is 0 Å². The first-order valence-electron chi connectivity index (χ1n) is 7.93. The summed E-state index contributed by atoms with van der Waals surface area (Å²) in [4.78, 5) is 12.6. The molecule has 0 aliphatic carbocycles. The van der Waals surface area contributed by atoms with Crippen molar-refractivity contribution in [2.24, 2.45) is 7.05 Å². The number of carbonyl (C=O) groups excluding carboxylic acids is 1. The molecule has 0 radical (unpaired) electrons. The van der Waals surface area contributed by atoms with Gasteiger partial charge in [-0.1, -0.05) is 11.6 Å². The number of nitrogens with one attached hydrogen (secondary N) is 1. The highest BCUT2D eigenvalue weighted by Gasteiger charge is 2.15. The van der Waals surface area contributed by atoms with Gasteiger partial charge in [0.1, 0.15) is 17.3 Å². The van der Waals surface area contributed by atoms with Gasteiger partial charge in [0.15, 0.2) is 0 Å². The summed E-state index contributed by atoms with van der Waals surface area (Å²) in [5, 5.41) is 7.49. The standard InChI is InChI=1S/C19H17ClFN3O2/c1-12-9-15(24(2)23-12)11-22-19(25)17-10-13(20)3-8-18(17)26-16-6-4-14(21)5-7-16/h3-10H,11H2,1-2H3,(H,22,25). The highest BCUT2D eigenvalue weighted by atomic mass is 35.5. The molecule has 7 heteroatoms.